The number of aromatic nitrogens is 1. The molecule has 0 bridgehead atoms. The van der Waals surface area contributed by atoms with Crippen LogP contribution in [-0.4, -0.2) is 29.1 Å². The van der Waals surface area contributed by atoms with Gasteiger partial charge in [-0.05, 0) is 68.0 Å². The van der Waals surface area contributed by atoms with Crippen LogP contribution in [0.25, 0.3) is 0 Å². The highest BCUT2D eigenvalue weighted by molar-refractivity contribution is 6.03. The van der Waals surface area contributed by atoms with Crippen molar-refractivity contribution in [2.24, 2.45) is 4.99 Å². The minimum absolute atomic E-state index is 0.228. The van der Waals surface area contributed by atoms with Crippen molar-refractivity contribution in [3.05, 3.63) is 60.3 Å². The first-order chi connectivity index (χ1) is 13.7. The van der Waals surface area contributed by atoms with Gasteiger partial charge in [-0.3, -0.25) is 4.99 Å². The van der Waals surface area contributed by atoms with E-state index in [9.17, 15) is 5.11 Å². The summed E-state index contributed by atoms with van der Waals surface area (Å²) >= 11 is 0. The van der Waals surface area contributed by atoms with Crippen LogP contribution in [0.1, 0.15) is 50.5 Å². The molecule has 1 fully saturated rings. The average molecular weight is 380 g/mol. The number of aliphatic hydroxyl groups excluding tert-OH is 1. The number of allylic oxidation sites excluding steroid dienone is 1. The van der Waals surface area contributed by atoms with Crippen LogP contribution >= 0.6 is 0 Å². The number of ether oxygens (including phenoxy) is 1. The van der Waals surface area contributed by atoms with Gasteiger partial charge in [0.15, 0.2) is 0 Å². The molecule has 2 unspecified atom stereocenters. The lowest BCUT2D eigenvalue weighted by Crippen LogP contribution is -2.18. The Morgan fingerprint density at radius 3 is 2.82 bits per heavy atom. The average Bonchev–Trinajstić information content (AvgIpc) is 2.73. The number of aliphatic imine (C=N–C) groups is 1. The minimum atomic E-state index is -0.228. The fourth-order valence-electron chi connectivity index (χ4n) is 3.51. The van der Waals surface area contributed by atoms with Crippen LogP contribution in [0.5, 0.6) is 11.6 Å². The Morgan fingerprint density at radius 2 is 2.11 bits per heavy atom. The molecule has 0 amide bonds. The maximum atomic E-state index is 10.0. The van der Waals surface area contributed by atoms with E-state index < -0.39 is 0 Å². The van der Waals surface area contributed by atoms with Crippen LogP contribution in [0.15, 0.2) is 59.7 Å². The predicted molar refractivity (Wildman–Crippen MR) is 114 cm³/mol. The van der Waals surface area contributed by atoms with Crippen LogP contribution < -0.4 is 10.1 Å². The topological polar surface area (TPSA) is 66.7 Å². The molecule has 28 heavy (non-hydrogen) atoms. The summed E-state index contributed by atoms with van der Waals surface area (Å²) in [6.45, 7) is 2.09. The zero-order chi connectivity index (χ0) is 19.8. The number of pyridine rings is 1. The first-order valence-electron chi connectivity index (χ1n) is 10.0. The van der Waals surface area contributed by atoms with Gasteiger partial charge in [0.1, 0.15) is 11.6 Å². The summed E-state index contributed by atoms with van der Waals surface area (Å²) in [5.74, 6) is 2.48. The van der Waals surface area contributed by atoms with Gasteiger partial charge >= 0.3 is 0 Å². The summed E-state index contributed by atoms with van der Waals surface area (Å²) in [4.78, 5) is 8.68. The number of rotatable bonds is 6. The number of nitrogens with one attached hydrogen (secondary N) is 1. The Labute approximate surface area is 167 Å². The quantitative estimate of drug-likeness (QED) is 0.528. The summed E-state index contributed by atoms with van der Waals surface area (Å²) in [6.07, 6.45) is 10.3. The number of nitrogens with zero attached hydrogens (tertiary/aromatic N) is 2. The van der Waals surface area contributed by atoms with Crippen LogP contribution in [0.4, 0.5) is 5.69 Å². The number of anilines is 1. The lowest BCUT2D eigenvalue weighted by atomic mass is 9.83. The summed E-state index contributed by atoms with van der Waals surface area (Å²) in [5, 5.41) is 13.3. The lowest BCUT2D eigenvalue weighted by Gasteiger charge is -2.27. The molecule has 1 heterocycles. The third-order valence-electron chi connectivity index (χ3n) is 4.98. The number of benzene rings is 1. The van der Waals surface area contributed by atoms with E-state index in [2.05, 4.69) is 34.4 Å². The smallest absolute Gasteiger partial charge is 0.222 e. The molecule has 3 rings (SSSR count). The largest absolute Gasteiger partial charge is 0.439 e. The molecule has 5 nitrogen and oxygen atoms in total. The maximum Gasteiger partial charge on any atom is 0.222 e. The van der Waals surface area contributed by atoms with E-state index in [-0.39, 0.29) is 6.10 Å². The molecular weight excluding hydrogens is 350 g/mol. The second kappa shape index (κ2) is 10.0. The maximum absolute atomic E-state index is 10.0. The molecule has 2 N–H and O–H groups in total. The van der Waals surface area contributed by atoms with Gasteiger partial charge in [0.2, 0.25) is 5.88 Å². The Bertz CT molecular complexity index is 815. The molecular formula is C23H29N3O2. The lowest BCUT2D eigenvalue weighted by molar-refractivity contribution is 0.119. The second-order valence-corrected chi connectivity index (χ2v) is 7.09. The number of aliphatic hydroxyl groups is 1. The fraction of sp³-hybridized carbons (Fsp3) is 0.391. The van der Waals surface area contributed by atoms with Crippen LogP contribution in [0.3, 0.4) is 0 Å². The van der Waals surface area contributed by atoms with Gasteiger partial charge in [0.05, 0.1) is 6.10 Å². The van der Waals surface area contributed by atoms with E-state index in [1.165, 1.54) is 0 Å². The van der Waals surface area contributed by atoms with Crippen molar-refractivity contribution in [2.45, 2.75) is 51.0 Å². The summed E-state index contributed by atoms with van der Waals surface area (Å²) < 4.78 is 6.08. The van der Waals surface area contributed by atoms with Crippen LogP contribution in [-0.2, 0) is 0 Å². The molecule has 2 atom stereocenters. The Hall–Kier alpha value is -2.66. The zero-order valence-electron chi connectivity index (χ0n) is 16.6. The highest BCUT2D eigenvalue weighted by Crippen LogP contribution is 2.38. The van der Waals surface area contributed by atoms with Gasteiger partial charge in [-0.25, -0.2) is 4.98 Å². The van der Waals surface area contributed by atoms with Crippen LogP contribution in [0, 0.1) is 0 Å². The predicted octanol–water partition coefficient (Wildman–Crippen LogP) is 5.30. The molecule has 0 spiro atoms. The second-order valence-electron chi connectivity index (χ2n) is 7.09. The third kappa shape index (κ3) is 5.42. The van der Waals surface area contributed by atoms with Gasteiger partial charge in [0, 0.05) is 24.5 Å². The Kier molecular flexibility index (Phi) is 7.20. The highest BCUT2D eigenvalue weighted by atomic mass is 16.5. The van der Waals surface area contributed by atoms with Crippen molar-refractivity contribution in [1.82, 2.24) is 4.98 Å². The SMILES string of the molecule is CC/C=C\C(=NC)Nc1ccc(Oc2ncccc2C2CCCC(O)C2)cc1. The Morgan fingerprint density at radius 1 is 1.29 bits per heavy atom. The van der Waals surface area contributed by atoms with Gasteiger partial charge in [-0.2, -0.15) is 0 Å². The fourth-order valence-corrected chi connectivity index (χ4v) is 3.51. The van der Waals surface area contributed by atoms with E-state index in [0.29, 0.717) is 11.8 Å². The summed E-state index contributed by atoms with van der Waals surface area (Å²) in [6, 6.07) is 11.8. The van der Waals surface area contributed by atoms with E-state index in [1.807, 2.05) is 36.4 Å². The minimum Gasteiger partial charge on any atom is -0.439 e. The third-order valence-corrected chi connectivity index (χ3v) is 4.98. The Balaban J connectivity index is 1.70. The van der Waals surface area contributed by atoms with Gasteiger partial charge in [-0.1, -0.05) is 25.5 Å². The van der Waals surface area contributed by atoms with Crippen molar-refractivity contribution in [3.63, 3.8) is 0 Å². The van der Waals surface area contributed by atoms with Crippen molar-refractivity contribution in [2.75, 3.05) is 12.4 Å². The van der Waals surface area contributed by atoms with Gasteiger partial charge < -0.3 is 15.2 Å². The molecule has 0 radical (unpaired) electrons. The summed E-state index contributed by atoms with van der Waals surface area (Å²) in [5.41, 5.74) is 2.03. The van der Waals surface area contributed by atoms with Crippen molar-refractivity contribution >= 4 is 11.5 Å². The van der Waals surface area contributed by atoms with Crippen molar-refractivity contribution < 1.29 is 9.84 Å². The molecule has 1 aromatic heterocycles. The van der Waals surface area contributed by atoms with Crippen LogP contribution in [0.2, 0.25) is 0 Å². The number of hydrogen-bond acceptors (Lipinski definition) is 4. The standard InChI is InChI=1S/C23H29N3O2/c1-3-4-10-22(24-2)26-18-11-13-20(14-12-18)28-23-21(9-6-15-25-23)17-7-5-8-19(27)16-17/h4,6,9-15,17,19,27H,3,5,7-8,16H2,1-2H3,(H,24,26)/b10-4-. The first-order valence-corrected chi connectivity index (χ1v) is 10.0. The van der Waals surface area contributed by atoms with Crippen molar-refractivity contribution in [1.29, 1.82) is 0 Å². The molecule has 1 saturated carbocycles. The highest BCUT2D eigenvalue weighted by Gasteiger charge is 2.24. The number of hydrogen-bond donors (Lipinski definition) is 2. The molecule has 2 aromatic rings. The molecule has 0 saturated heterocycles. The molecule has 1 aliphatic carbocycles. The van der Waals surface area contributed by atoms with Gasteiger partial charge in [0.25, 0.3) is 0 Å². The molecule has 5 heteroatoms. The monoisotopic (exact) mass is 379 g/mol. The zero-order valence-corrected chi connectivity index (χ0v) is 16.6. The van der Waals surface area contributed by atoms with E-state index in [0.717, 1.165) is 54.9 Å². The first kappa shape index (κ1) is 20.1. The van der Waals surface area contributed by atoms with E-state index in [1.54, 1.807) is 13.2 Å². The molecule has 1 aromatic carbocycles. The van der Waals surface area contributed by atoms with Gasteiger partial charge in [-0.15, -0.1) is 0 Å². The van der Waals surface area contributed by atoms with E-state index in [4.69, 9.17) is 4.74 Å². The van der Waals surface area contributed by atoms with E-state index >= 15 is 0 Å². The normalized spacial score (nSPS) is 20.3. The molecule has 148 valence electrons. The molecule has 0 aliphatic heterocycles. The number of amidine groups is 1. The van der Waals surface area contributed by atoms with Crippen molar-refractivity contribution in [3.8, 4) is 11.6 Å². The summed E-state index contributed by atoms with van der Waals surface area (Å²) in [7, 11) is 1.77. The molecule has 1 aliphatic rings.